The van der Waals surface area contributed by atoms with Gasteiger partial charge in [-0.15, -0.1) is 0 Å². The molecule has 0 aliphatic heterocycles. The standard InChI is InChI=1S/C7H5BrF2N2O3/c1-15-7-3(8)2-4(12(13)14)5(11-7)6(9)10/h2,6H,1H3. The number of ether oxygens (including phenoxy) is 1. The molecule has 0 atom stereocenters. The van der Waals surface area contributed by atoms with Crippen molar-refractivity contribution in [3.05, 3.63) is 26.3 Å². The predicted octanol–water partition coefficient (Wildman–Crippen LogP) is 2.70. The van der Waals surface area contributed by atoms with Gasteiger partial charge < -0.3 is 4.74 Å². The number of methoxy groups -OCH3 is 1. The molecule has 0 unspecified atom stereocenters. The Bertz CT molecular complexity index is 400. The van der Waals surface area contributed by atoms with E-state index < -0.39 is 22.7 Å². The van der Waals surface area contributed by atoms with Crippen molar-refractivity contribution in [3.8, 4) is 5.88 Å². The topological polar surface area (TPSA) is 65.3 Å². The molecule has 0 N–H and O–H groups in total. The van der Waals surface area contributed by atoms with Crippen molar-refractivity contribution in [2.75, 3.05) is 7.11 Å². The summed E-state index contributed by atoms with van der Waals surface area (Å²) < 4.78 is 29.6. The van der Waals surface area contributed by atoms with E-state index in [4.69, 9.17) is 0 Å². The normalized spacial score (nSPS) is 10.5. The molecule has 0 saturated heterocycles. The summed E-state index contributed by atoms with van der Waals surface area (Å²) in [6.07, 6.45) is -3.02. The number of nitrogens with zero attached hydrogens (tertiary/aromatic N) is 2. The number of halogens is 3. The fourth-order valence-corrected chi connectivity index (χ4v) is 1.39. The summed E-state index contributed by atoms with van der Waals surface area (Å²) in [5.74, 6) is -0.115. The Kier molecular flexibility index (Phi) is 3.51. The summed E-state index contributed by atoms with van der Waals surface area (Å²) in [7, 11) is 1.23. The van der Waals surface area contributed by atoms with Crippen molar-refractivity contribution >= 4 is 21.6 Å². The van der Waals surface area contributed by atoms with E-state index in [0.29, 0.717) is 0 Å². The molecule has 1 aromatic rings. The van der Waals surface area contributed by atoms with Crippen molar-refractivity contribution in [2.24, 2.45) is 0 Å². The predicted molar refractivity (Wildman–Crippen MR) is 50.1 cm³/mol. The van der Waals surface area contributed by atoms with E-state index in [1.54, 1.807) is 0 Å². The SMILES string of the molecule is COc1nc(C(F)F)c([N+](=O)[O-])cc1Br. The molecule has 0 aromatic carbocycles. The van der Waals surface area contributed by atoms with Gasteiger partial charge in [-0.3, -0.25) is 10.1 Å². The van der Waals surface area contributed by atoms with Crippen LogP contribution in [0.3, 0.4) is 0 Å². The lowest BCUT2D eigenvalue weighted by Gasteiger charge is -2.05. The Morgan fingerprint density at radius 3 is 2.67 bits per heavy atom. The second-order valence-electron chi connectivity index (χ2n) is 2.44. The lowest BCUT2D eigenvalue weighted by Crippen LogP contribution is -2.01. The van der Waals surface area contributed by atoms with Crippen LogP contribution < -0.4 is 4.74 Å². The lowest BCUT2D eigenvalue weighted by atomic mass is 10.3. The number of aromatic nitrogens is 1. The lowest BCUT2D eigenvalue weighted by molar-refractivity contribution is -0.386. The van der Waals surface area contributed by atoms with Crippen LogP contribution in [0.4, 0.5) is 14.5 Å². The number of pyridine rings is 1. The molecule has 15 heavy (non-hydrogen) atoms. The summed E-state index contributed by atoms with van der Waals surface area (Å²) in [5.41, 5.74) is -1.64. The van der Waals surface area contributed by atoms with Crippen molar-refractivity contribution in [1.82, 2.24) is 4.98 Å². The zero-order valence-electron chi connectivity index (χ0n) is 7.41. The number of hydrogen-bond acceptors (Lipinski definition) is 4. The molecule has 0 saturated carbocycles. The second-order valence-corrected chi connectivity index (χ2v) is 3.30. The third-order valence-corrected chi connectivity index (χ3v) is 2.12. The zero-order valence-corrected chi connectivity index (χ0v) is 8.99. The molecule has 0 amide bonds. The molecule has 1 aromatic heterocycles. The van der Waals surface area contributed by atoms with Crippen molar-refractivity contribution in [1.29, 1.82) is 0 Å². The van der Waals surface area contributed by atoms with Crippen LogP contribution in [0.5, 0.6) is 5.88 Å². The monoisotopic (exact) mass is 282 g/mol. The highest BCUT2D eigenvalue weighted by Gasteiger charge is 2.26. The minimum absolute atomic E-state index is 0.115. The molecule has 0 fully saturated rings. The Balaban J connectivity index is 3.38. The van der Waals surface area contributed by atoms with E-state index in [1.165, 1.54) is 7.11 Å². The molecule has 0 spiro atoms. The van der Waals surface area contributed by atoms with Gasteiger partial charge in [-0.2, -0.15) is 0 Å². The van der Waals surface area contributed by atoms with Gasteiger partial charge >= 0.3 is 0 Å². The van der Waals surface area contributed by atoms with Gasteiger partial charge in [0.05, 0.1) is 16.5 Å². The molecular weight excluding hydrogens is 278 g/mol. The molecule has 1 heterocycles. The van der Waals surface area contributed by atoms with Crippen molar-refractivity contribution < 1.29 is 18.4 Å². The van der Waals surface area contributed by atoms with E-state index in [9.17, 15) is 18.9 Å². The van der Waals surface area contributed by atoms with Crippen LogP contribution in [-0.4, -0.2) is 17.0 Å². The van der Waals surface area contributed by atoms with Gasteiger partial charge in [0.25, 0.3) is 12.1 Å². The first-order valence-corrected chi connectivity index (χ1v) is 4.43. The molecular formula is C7H5BrF2N2O3. The average Bonchev–Trinajstić information content (AvgIpc) is 2.16. The Labute approximate surface area is 91.3 Å². The summed E-state index contributed by atoms with van der Waals surface area (Å²) >= 11 is 2.92. The maximum Gasteiger partial charge on any atom is 0.298 e. The Hall–Kier alpha value is -1.31. The Morgan fingerprint density at radius 1 is 1.67 bits per heavy atom. The van der Waals surface area contributed by atoms with E-state index in [2.05, 4.69) is 25.7 Å². The smallest absolute Gasteiger partial charge is 0.298 e. The number of rotatable bonds is 3. The quantitative estimate of drug-likeness (QED) is 0.632. The average molecular weight is 283 g/mol. The zero-order chi connectivity index (χ0) is 11.6. The van der Waals surface area contributed by atoms with E-state index in [0.717, 1.165) is 6.07 Å². The minimum Gasteiger partial charge on any atom is -0.480 e. The van der Waals surface area contributed by atoms with E-state index in [-0.39, 0.29) is 10.4 Å². The van der Waals surface area contributed by atoms with Crippen LogP contribution in [0.1, 0.15) is 12.1 Å². The van der Waals surface area contributed by atoms with Crippen LogP contribution in [0.2, 0.25) is 0 Å². The van der Waals surface area contributed by atoms with Gasteiger partial charge in [-0.25, -0.2) is 13.8 Å². The van der Waals surface area contributed by atoms with Gasteiger partial charge in [0.1, 0.15) is 0 Å². The summed E-state index contributed by atoms with van der Waals surface area (Å²) in [5, 5.41) is 10.4. The largest absolute Gasteiger partial charge is 0.480 e. The first kappa shape index (κ1) is 11.8. The molecule has 0 aliphatic rings. The minimum atomic E-state index is -3.02. The maximum atomic E-state index is 12.4. The molecule has 0 bridgehead atoms. The van der Waals surface area contributed by atoms with Crippen LogP contribution in [-0.2, 0) is 0 Å². The molecule has 0 aliphatic carbocycles. The van der Waals surface area contributed by atoms with E-state index >= 15 is 0 Å². The first-order chi connectivity index (χ1) is 6.97. The molecule has 82 valence electrons. The third-order valence-electron chi connectivity index (χ3n) is 1.55. The van der Waals surface area contributed by atoms with Crippen molar-refractivity contribution in [3.63, 3.8) is 0 Å². The van der Waals surface area contributed by atoms with Crippen LogP contribution in [0.25, 0.3) is 0 Å². The molecule has 1 rings (SSSR count). The number of alkyl halides is 2. The van der Waals surface area contributed by atoms with Gasteiger partial charge in [-0.1, -0.05) is 0 Å². The van der Waals surface area contributed by atoms with Crippen molar-refractivity contribution in [2.45, 2.75) is 6.43 Å². The van der Waals surface area contributed by atoms with Gasteiger partial charge in [0, 0.05) is 6.07 Å². The summed E-state index contributed by atoms with van der Waals surface area (Å²) in [4.78, 5) is 12.9. The maximum absolute atomic E-state index is 12.4. The first-order valence-electron chi connectivity index (χ1n) is 3.64. The summed E-state index contributed by atoms with van der Waals surface area (Å²) in [6.45, 7) is 0. The van der Waals surface area contributed by atoms with Crippen LogP contribution >= 0.6 is 15.9 Å². The van der Waals surface area contributed by atoms with Crippen LogP contribution in [0, 0.1) is 10.1 Å². The summed E-state index contributed by atoms with van der Waals surface area (Å²) in [6, 6.07) is 0.938. The molecule has 5 nitrogen and oxygen atoms in total. The van der Waals surface area contributed by atoms with E-state index in [1.807, 2.05) is 0 Å². The fraction of sp³-hybridized carbons (Fsp3) is 0.286. The highest BCUT2D eigenvalue weighted by molar-refractivity contribution is 9.10. The molecule has 0 radical (unpaired) electrons. The van der Waals surface area contributed by atoms with Gasteiger partial charge in [-0.05, 0) is 15.9 Å². The van der Waals surface area contributed by atoms with Gasteiger partial charge in [0.15, 0.2) is 5.69 Å². The number of nitro groups is 1. The highest BCUT2D eigenvalue weighted by Crippen LogP contribution is 2.34. The Morgan fingerprint density at radius 2 is 2.27 bits per heavy atom. The van der Waals surface area contributed by atoms with Crippen LogP contribution in [0.15, 0.2) is 10.5 Å². The fourth-order valence-electron chi connectivity index (χ4n) is 0.926. The second kappa shape index (κ2) is 4.47. The van der Waals surface area contributed by atoms with Gasteiger partial charge in [0.2, 0.25) is 5.88 Å². The number of hydrogen-bond donors (Lipinski definition) is 0. The highest BCUT2D eigenvalue weighted by atomic mass is 79.9. The third kappa shape index (κ3) is 2.38. The molecule has 8 heteroatoms.